The number of nitrogens with zero attached hydrogens (tertiary/aromatic N) is 1. The summed E-state index contributed by atoms with van der Waals surface area (Å²) >= 11 is 0. The molecule has 0 bridgehead atoms. The van der Waals surface area contributed by atoms with Gasteiger partial charge >= 0.3 is 12.2 Å². The summed E-state index contributed by atoms with van der Waals surface area (Å²) in [7, 11) is 1.75. The first-order chi connectivity index (χ1) is 11.6. The van der Waals surface area contributed by atoms with Crippen LogP contribution in [0.1, 0.15) is 22.3 Å². The van der Waals surface area contributed by atoms with E-state index >= 15 is 0 Å². The quantitative estimate of drug-likeness (QED) is 0.675. The Morgan fingerprint density at radius 3 is 2.28 bits per heavy atom. The molecule has 0 aromatic heterocycles. The van der Waals surface area contributed by atoms with Crippen LogP contribution in [-0.4, -0.2) is 49.1 Å². The summed E-state index contributed by atoms with van der Waals surface area (Å²) in [6, 6.07) is 5.17. The maximum atomic E-state index is 12.1. The maximum absolute atomic E-state index is 12.1. The largest absolute Gasteiger partial charge is 0.405 e. The van der Waals surface area contributed by atoms with Gasteiger partial charge in [0, 0.05) is 25.1 Å². The minimum Gasteiger partial charge on any atom is -0.351 e. The summed E-state index contributed by atoms with van der Waals surface area (Å²) in [5.41, 5.74) is 5.76. The van der Waals surface area contributed by atoms with Crippen LogP contribution in [0.4, 0.5) is 18.0 Å². The highest BCUT2D eigenvalue weighted by atomic mass is 19.4. The van der Waals surface area contributed by atoms with E-state index in [2.05, 4.69) is 0 Å². The molecule has 0 aliphatic rings. The smallest absolute Gasteiger partial charge is 0.351 e. The van der Waals surface area contributed by atoms with Crippen molar-refractivity contribution in [3.8, 4) is 0 Å². The Hall–Kier alpha value is -2.62. The molecule has 0 aliphatic carbocycles. The van der Waals surface area contributed by atoms with Gasteiger partial charge in [-0.05, 0) is 24.7 Å². The molecule has 4 amide bonds. The summed E-state index contributed by atoms with van der Waals surface area (Å²) in [4.78, 5) is 35.2. The van der Waals surface area contributed by atoms with Gasteiger partial charge in [-0.25, -0.2) is 4.79 Å². The van der Waals surface area contributed by atoms with Gasteiger partial charge in [0.2, 0.25) is 5.91 Å². The average Bonchev–Trinajstić information content (AvgIpc) is 2.50. The highest BCUT2D eigenvalue weighted by Gasteiger charge is 2.27. The normalized spacial score (nSPS) is 11.2. The Bertz CT molecular complexity index is 617. The van der Waals surface area contributed by atoms with Crippen molar-refractivity contribution in [3.63, 3.8) is 0 Å². The van der Waals surface area contributed by atoms with E-state index in [0.717, 1.165) is 5.56 Å². The Morgan fingerprint density at radius 2 is 1.76 bits per heavy atom. The molecule has 0 heterocycles. The van der Waals surface area contributed by atoms with Crippen molar-refractivity contribution in [1.29, 1.82) is 0 Å². The van der Waals surface area contributed by atoms with E-state index in [1.165, 1.54) is 12.1 Å². The highest BCUT2D eigenvalue weighted by molar-refractivity contribution is 5.94. The number of carbonyl (C=O) groups is 3. The molecule has 0 saturated carbocycles. The number of carbonyl (C=O) groups excluding carboxylic acids is 3. The van der Waals surface area contributed by atoms with E-state index in [0.29, 0.717) is 13.1 Å². The van der Waals surface area contributed by atoms with Gasteiger partial charge in [0.05, 0.1) is 0 Å². The molecule has 4 N–H and O–H groups in total. The lowest BCUT2D eigenvalue weighted by Gasteiger charge is -2.16. The number of alkyl halides is 3. The van der Waals surface area contributed by atoms with Gasteiger partial charge in [0.15, 0.2) is 0 Å². The van der Waals surface area contributed by atoms with E-state index in [9.17, 15) is 27.6 Å². The first-order valence-electron chi connectivity index (χ1n) is 7.28. The Morgan fingerprint density at radius 1 is 1.16 bits per heavy atom. The van der Waals surface area contributed by atoms with Crippen LogP contribution >= 0.6 is 0 Å². The Balaban J connectivity index is 2.46. The number of nitrogens with two attached hydrogens (primary N) is 1. The maximum Gasteiger partial charge on any atom is 0.405 e. The van der Waals surface area contributed by atoms with E-state index in [4.69, 9.17) is 5.73 Å². The van der Waals surface area contributed by atoms with Crippen molar-refractivity contribution < 1.29 is 27.6 Å². The molecule has 138 valence electrons. The van der Waals surface area contributed by atoms with Gasteiger partial charge in [0.1, 0.15) is 6.54 Å². The molecule has 0 saturated heterocycles. The third kappa shape index (κ3) is 8.70. The molecule has 0 fully saturated rings. The molecule has 1 aromatic rings. The van der Waals surface area contributed by atoms with Crippen LogP contribution in [0.25, 0.3) is 0 Å². The second-order valence-electron chi connectivity index (χ2n) is 5.39. The van der Waals surface area contributed by atoms with Crippen molar-refractivity contribution in [2.45, 2.75) is 19.1 Å². The number of hydrogen-bond donors (Lipinski definition) is 3. The fraction of sp³-hybridized carbons (Fsp3) is 0.400. The number of amides is 4. The number of imide groups is 1. The number of primary amides is 1. The number of benzene rings is 1. The Kier molecular flexibility index (Phi) is 7.37. The topological polar surface area (TPSA) is 105 Å². The predicted molar refractivity (Wildman–Crippen MR) is 83.5 cm³/mol. The molecule has 0 unspecified atom stereocenters. The van der Waals surface area contributed by atoms with Gasteiger partial charge in [0.25, 0.3) is 5.91 Å². The summed E-state index contributed by atoms with van der Waals surface area (Å²) in [6.07, 6.45) is -4.38. The minimum atomic E-state index is -4.46. The van der Waals surface area contributed by atoms with E-state index in [-0.39, 0.29) is 12.0 Å². The summed E-state index contributed by atoms with van der Waals surface area (Å²) in [6.45, 7) is -0.565. The van der Waals surface area contributed by atoms with Gasteiger partial charge in [-0.2, -0.15) is 13.2 Å². The zero-order valence-corrected chi connectivity index (χ0v) is 13.5. The minimum absolute atomic E-state index is 0.0807. The number of urea groups is 1. The van der Waals surface area contributed by atoms with Crippen molar-refractivity contribution in [1.82, 2.24) is 15.5 Å². The molecule has 1 aromatic carbocycles. The van der Waals surface area contributed by atoms with Crippen molar-refractivity contribution >= 4 is 17.8 Å². The highest BCUT2D eigenvalue weighted by Crippen LogP contribution is 2.13. The monoisotopic (exact) mass is 360 g/mol. The van der Waals surface area contributed by atoms with Gasteiger partial charge in [-0.1, -0.05) is 12.1 Å². The zero-order chi connectivity index (χ0) is 19.0. The van der Waals surface area contributed by atoms with Crippen molar-refractivity contribution in [2.24, 2.45) is 5.73 Å². The predicted octanol–water partition coefficient (Wildman–Crippen LogP) is 0.995. The molecule has 0 atom stereocenters. The molecular formula is C15H19F3N4O3. The fourth-order valence-electron chi connectivity index (χ4n) is 1.93. The SMILES string of the molecule is CN(CCC(=O)NC(N)=O)Cc1ccc(C(=O)NCC(F)(F)F)cc1. The number of rotatable bonds is 7. The van der Waals surface area contributed by atoms with E-state index < -0.39 is 30.6 Å². The van der Waals surface area contributed by atoms with Crippen LogP contribution in [0.5, 0.6) is 0 Å². The van der Waals surface area contributed by atoms with E-state index in [1.807, 2.05) is 5.32 Å². The lowest BCUT2D eigenvalue weighted by atomic mass is 10.1. The van der Waals surface area contributed by atoms with Crippen molar-refractivity contribution in [3.05, 3.63) is 35.4 Å². The number of hydrogen-bond acceptors (Lipinski definition) is 4. The van der Waals surface area contributed by atoms with Gasteiger partial charge in [-0.3, -0.25) is 14.9 Å². The molecule has 7 nitrogen and oxygen atoms in total. The summed E-state index contributed by atoms with van der Waals surface area (Å²) in [5.74, 6) is -1.30. The van der Waals surface area contributed by atoms with Crippen LogP contribution in [0.2, 0.25) is 0 Å². The zero-order valence-electron chi connectivity index (χ0n) is 13.5. The molecule has 10 heteroatoms. The first-order valence-corrected chi connectivity index (χ1v) is 7.28. The lowest BCUT2D eigenvalue weighted by Crippen LogP contribution is -2.36. The number of halogens is 3. The molecule has 0 radical (unpaired) electrons. The standard InChI is InChI=1S/C15H19F3N4O3/c1-22(7-6-12(23)21-14(19)25)8-10-2-4-11(5-3-10)13(24)20-9-15(16,17)18/h2-5H,6-9H2,1H3,(H,20,24)(H3,19,21,23,25). The molecule has 1 rings (SSSR count). The summed E-state index contributed by atoms with van der Waals surface area (Å²) in [5, 5.41) is 3.74. The van der Waals surface area contributed by atoms with Gasteiger partial charge < -0.3 is 16.0 Å². The second-order valence-corrected chi connectivity index (χ2v) is 5.39. The van der Waals surface area contributed by atoms with E-state index in [1.54, 1.807) is 29.4 Å². The fourth-order valence-corrected chi connectivity index (χ4v) is 1.93. The summed E-state index contributed by atoms with van der Waals surface area (Å²) < 4.78 is 36.2. The van der Waals surface area contributed by atoms with Crippen LogP contribution < -0.4 is 16.4 Å². The third-order valence-electron chi connectivity index (χ3n) is 3.10. The molecule has 25 heavy (non-hydrogen) atoms. The third-order valence-corrected chi connectivity index (χ3v) is 3.10. The average molecular weight is 360 g/mol. The van der Waals surface area contributed by atoms with Crippen LogP contribution in [0.15, 0.2) is 24.3 Å². The number of nitrogens with one attached hydrogen (secondary N) is 2. The molecule has 0 aliphatic heterocycles. The Labute approximate surface area is 142 Å². The first kappa shape index (κ1) is 20.4. The lowest BCUT2D eigenvalue weighted by molar-refractivity contribution is -0.123. The molecule has 0 spiro atoms. The van der Waals surface area contributed by atoms with Crippen LogP contribution in [0.3, 0.4) is 0 Å². The van der Waals surface area contributed by atoms with Gasteiger partial charge in [-0.15, -0.1) is 0 Å². The van der Waals surface area contributed by atoms with Crippen LogP contribution in [-0.2, 0) is 11.3 Å². The second kappa shape index (κ2) is 9.02. The van der Waals surface area contributed by atoms with Crippen LogP contribution in [0, 0.1) is 0 Å². The van der Waals surface area contributed by atoms with Crippen molar-refractivity contribution in [2.75, 3.05) is 20.1 Å². The molecular weight excluding hydrogens is 341 g/mol.